The zero-order valence-electron chi connectivity index (χ0n) is 9.93. The van der Waals surface area contributed by atoms with Gasteiger partial charge in [-0.2, -0.15) is 0 Å². The standard InChI is InChI=1S/C14H12N2O2.Co/c17-15-11-14(12-7-3-1-4-8-12)16-18-13-9-5-2-6-10-13;/h1-11,17H;. The molecule has 0 heterocycles. The van der Waals surface area contributed by atoms with Gasteiger partial charge < -0.3 is 10.0 Å². The summed E-state index contributed by atoms with van der Waals surface area (Å²) < 4.78 is 0. The molecule has 19 heavy (non-hydrogen) atoms. The second-order valence-electron chi connectivity index (χ2n) is 3.49. The van der Waals surface area contributed by atoms with E-state index in [0.29, 0.717) is 11.5 Å². The normalized spacial score (nSPS) is 11.1. The van der Waals surface area contributed by atoms with Gasteiger partial charge in [-0.3, -0.25) is 0 Å². The Morgan fingerprint density at radius 1 is 0.947 bits per heavy atom. The van der Waals surface area contributed by atoms with E-state index in [1.165, 1.54) is 6.21 Å². The van der Waals surface area contributed by atoms with Crippen molar-refractivity contribution in [2.45, 2.75) is 0 Å². The minimum absolute atomic E-state index is 0. The van der Waals surface area contributed by atoms with Gasteiger partial charge in [-0.25, -0.2) is 0 Å². The van der Waals surface area contributed by atoms with Gasteiger partial charge in [0, 0.05) is 22.3 Å². The predicted octanol–water partition coefficient (Wildman–Crippen LogP) is 2.93. The molecule has 5 heteroatoms. The van der Waals surface area contributed by atoms with Crippen molar-refractivity contribution in [3.05, 3.63) is 66.2 Å². The van der Waals surface area contributed by atoms with Gasteiger partial charge in [0.1, 0.15) is 5.71 Å². The maximum atomic E-state index is 8.63. The van der Waals surface area contributed by atoms with E-state index in [1.54, 1.807) is 12.1 Å². The van der Waals surface area contributed by atoms with Gasteiger partial charge in [-0.05, 0) is 12.1 Å². The Morgan fingerprint density at radius 3 is 2.11 bits per heavy atom. The maximum absolute atomic E-state index is 8.63. The Hall–Kier alpha value is -2.11. The smallest absolute Gasteiger partial charge is 0.157 e. The van der Waals surface area contributed by atoms with E-state index in [1.807, 2.05) is 48.5 Å². The quantitative estimate of drug-likeness (QED) is 0.536. The molecule has 0 fully saturated rings. The fourth-order valence-electron chi connectivity index (χ4n) is 1.40. The molecule has 1 N–H and O–H groups in total. The van der Waals surface area contributed by atoms with E-state index in [4.69, 9.17) is 10.0 Å². The van der Waals surface area contributed by atoms with Gasteiger partial charge in [0.25, 0.3) is 0 Å². The monoisotopic (exact) mass is 299 g/mol. The largest absolute Gasteiger partial charge is 0.411 e. The number of rotatable bonds is 4. The van der Waals surface area contributed by atoms with Crippen LogP contribution in [0.2, 0.25) is 0 Å². The molecule has 0 aromatic heterocycles. The summed E-state index contributed by atoms with van der Waals surface area (Å²) in [4.78, 5) is 5.26. The molecule has 0 spiro atoms. The van der Waals surface area contributed by atoms with Gasteiger partial charge in [0.2, 0.25) is 0 Å². The van der Waals surface area contributed by atoms with Crippen molar-refractivity contribution in [2.24, 2.45) is 10.3 Å². The van der Waals surface area contributed by atoms with Crippen LogP contribution in [0.15, 0.2) is 71.0 Å². The number of benzene rings is 2. The summed E-state index contributed by atoms with van der Waals surface area (Å²) in [6.07, 6.45) is 1.23. The molecule has 0 saturated heterocycles. The molecule has 1 radical (unpaired) electrons. The molecule has 99 valence electrons. The SMILES string of the molecule is ON=CC(=NOc1ccccc1)c1ccccc1.[Co]. The molecule has 2 aromatic rings. The van der Waals surface area contributed by atoms with Crippen molar-refractivity contribution in [2.75, 3.05) is 0 Å². The molecule has 2 rings (SSSR count). The summed E-state index contributed by atoms with van der Waals surface area (Å²) in [5, 5.41) is 15.6. The van der Waals surface area contributed by atoms with Crippen molar-refractivity contribution < 1.29 is 26.8 Å². The number of hydrogen-bond donors (Lipinski definition) is 1. The molecule has 0 aliphatic rings. The summed E-state index contributed by atoms with van der Waals surface area (Å²) in [6.45, 7) is 0. The van der Waals surface area contributed by atoms with E-state index in [2.05, 4.69) is 10.3 Å². The van der Waals surface area contributed by atoms with Crippen molar-refractivity contribution >= 4 is 11.9 Å². The molecular weight excluding hydrogens is 287 g/mol. The summed E-state index contributed by atoms with van der Waals surface area (Å²) in [7, 11) is 0. The number of para-hydroxylation sites is 1. The Balaban J connectivity index is 0.00000180. The van der Waals surface area contributed by atoms with E-state index in [9.17, 15) is 0 Å². The van der Waals surface area contributed by atoms with Crippen LogP contribution in [0.1, 0.15) is 5.56 Å². The molecule has 0 atom stereocenters. The van der Waals surface area contributed by atoms with Gasteiger partial charge in [0.05, 0.1) is 6.21 Å². The van der Waals surface area contributed by atoms with Gasteiger partial charge >= 0.3 is 0 Å². The molecule has 0 aliphatic carbocycles. The Bertz CT molecular complexity index is 542. The van der Waals surface area contributed by atoms with E-state index in [-0.39, 0.29) is 16.8 Å². The zero-order chi connectivity index (χ0) is 12.6. The minimum Gasteiger partial charge on any atom is -0.411 e. The Kier molecular flexibility index (Phi) is 6.35. The zero-order valence-corrected chi connectivity index (χ0v) is 11.0. The van der Waals surface area contributed by atoms with E-state index < -0.39 is 0 Å². The summed E-state index contributed by atoms with van der Waals surface area (Å²) in [5.41, 5.74) is 1.26. The molecule has 2 aromatic carbocycles. The van der Waals surface area contributed by atoms with Crippen LogP contribution in [0.3, 0.4) is 0 Å². The maximum Gasteiger partial charge on any atom is 0.157 e. The molecule has 4 nitrogen and oxygen atoms in total. The van der Waals surface area contributed by atoms with Crippen LogP contribution >= 0.6 is 0 Å². The van der Waals surface area contributed by atoms with E-state index in [0.717, 1.165) is 5.56 Å². The average molecular weight is 299 g/mol. The third-order valence-corrected chi connectivity index (χ3v) is 2.24. The molecule has 0 bridgehead atoms. The number of nitrogens with zero attached hydrogens (tertiary/aromatic N) is 2. The van der Waals surface area contributed by atoms with Gasteiger partial charge in [-0.15, -0.1) is 0 Å². The molecule has 0 aliphatic heterocycles. The summed E-state index contributed by atoms with van der Waals surface area (Å²) >= 11 is 0. The topological polar surface area (TPSA) is 54.2 Å². The van der Waals surface area contributed by atoms with Gasteiger partial charge in [-0.1, -0.05) is 58.8 Å². The molecule has 0 amide bonds. The van der Waals surface area contributed by atoms with E-state index >= 15 is 0 Å². The van der Waals surface area contributed by atoms with Crippen molar-refractivity contribution in [1.82, 2.24) is 0 Å². The predicted molar refractivity (Wildman–Crippen MR) is 70.3 cm³/mol. The third kappa shape index (κ3) is 4.57. The third-order valence-electron chi connectivity index (χ3n) is 2.24. The van der Waals surface area contributed by atoms with Crippen molar-refractivity contribution in [1.29, 1.82) is 0 Å². The second kappa shape index (κ2) is 8.07. The van der Waals surface area contributed by atoms with Crippen LogP contribution in [0.5, 0.6) is 5.75 Å². The first-order valence-electron chi connectivity index (χ1n) is 5.43. The molecule has 0 unspecified atom stereocenters. The van der Waals surface area contributed by atoms with Crippen LogP contribution in [0, 0.1) is 0 Å². The van der Waals surface area contributed by atoms with Crippen LogP contribution in [-0.4, -0.2) is 17.1 Å². The van der Waals surface area contributed by atoms with Crippen LogP contribution in [0.25, 0.3) is 0 Å². The molecule has 0 saturated carbocycles. The minimum atomic E-state index is 0. The Labute approximate surface area is 121 Å². The first-order chi connectivity index (χ1) is 8.90. The van der Waals surface area contributed by atoms with Crippen molar-refractivity contribution in [3.8, 4) is 5.75 Å². The number of hydrogen-bond acceptors (Lipinski definition) is 4. The average Bonchev–Trinajstić information content (AvgIpc) is 2.45. The second-order valence-corrected chi connectivity index (χ2v) is 3.49. The molecular formula is C14H12CoN2O2. The number of oxime groups is 2. The first kappa shape index (κ1) is 14.9. The van der Waals surface area contributed by atoms with Gasteiger partial charge in [0.15, 0.2) is 5.75 Å². The van der Waals surface area contributed by atoms with Crippen LogP contribution in [-0.2, 0) is 16.8 Å². The first-order valence-corrected chi connectivity index (χ1v) is 5.43. The van der Waals surface area contributed by atoms with Crippen molar-refractivity contribution in [3.63, 3.8) is 0 Å². The summed E-state index contributed by atoms with van der Waals surface area (Å²) in [5.74, 6) is 0.622. The Morgan fingerprint density at radius 2 is 1.53 bits per heavy atom. The van der Waals surface area contributed by atoms with Crippen LogP contribution in [0.4, 0.5) is 0 Å². The fourth-order valence-corrected chi connectivity index (χ4v) is 1.40. The van der Waals surface area contributed by atoms with Crippen LogP contribution < -0.4 is 4.84 Å². The summed E-state index contributed by atoms with van der Waals surface area (Å²) in [6, 6.07) is 18.5. The fraction of sp³-hybridized carbons (Fsp3) is 0.